The van der Waals surface area contributed by atoms with Gasteiger partial charge in [-0.05, 0) is 25.1 Å². The standard InChI is InChI=1S/C9H10F2N2O/c10-6-1-2-7(11)13-8(6)9(14)3-4-12-5-9/h1-2,12,14H,3-5H2. The van der Waals surface area contributed by atoms with Crippen molar-refractivity contribution < 1.29 is 13.9 Å². The Morgan fingerprint density at radius 1 is 1.43 bits per heavy atom. The van der Waals surface area contributed by atoms with Gasteiger partial charge >= 0.3 is 0 Å². The summed E-state index contributed by atoms with van der Waals surface area (Å²) in [6.45, 7) is 0.786. The fourth-order valence-electron chi connectivity index (χ4n) is 1.63. The lowest BCUT2D eigenvalue weighted by atomic mass is 9.98. The summed E-state index contributed by atoms with van der Waals surface area (Å²) < 4.78 is 26.0. The van der Waals surface area contributed by atoms with E-state index in [0.717, 1.165) is 12.1 Å². The quantitative estimate of drug-likeness (QED) is 0.650. The second-order valence-corrected chi connectivity index (χ2v) is 3.42. The molecule has 2 rings (SSSR count). The van der Waals surface area contributed by atoms with Crippen LogP contribution in [0.2, 0.25) is 0 Å². The minimum absolute atomic E-state index is 0.206. The number of β-amino-alcohol motifs (C(OH)–C–C–N with tert-alkyl or cyclic N) is 1. The molecule has 1 aromatic heterocycles. The maximum atomic E-state index is 13.2. The third kappa shape index (κ3) is 1.49. The number of nitrogens with one attached hydrogen (secondary N) is 1. The normalized spacial score (nSPS) is 26.8. The summed E-state index contributed by atoms with van der Waals surface area (Å²) in [5, 5.41) is 12.8. The lowest BCUT2D eigenvalue weighted by Gasteiger charge is -2.20. The molecule has 1 aliphatic rings. The van der Waals surface area contributed by atoms with Crippen LogP contribution in [0.4, 0.5) is 8.78 Å². The fourth-order valence-corrected chi connectivity index (χ4v) is 1.63. The molecule has 1 saturated heterocycles. The molecular weight excluding hydrogens is 190 g/mol. The van der Waals surface area contributed by atoms with E-state index in [4.69, 9.17) is 0 Å². The molecule has 2 heterocycles. The van der Waals surface area contributed by atoms with Crippen molar-refractivity contribution in [3.8, 4) is 0 Å². The third-order valence-electron chi connectivity index (χ3n) is 2.39. The first-order valence-corrected chi connectivity index (χ1v) is 4.37. The number of halogens is 2. The molecule has 0 amide bonds. The highest BCUT2D eigenvalue weighted by molar-refractivity contribution is 5.18. The van der Waals surface area contributed by atoms with Gasteiger partial charge in [-0.15, -0.1) is 0 Å². The van der Waals surface area contributed by atoms with Gasteiger partial charge in [0.1, 0.15) is 17.1 Å². The number of pyridine rings is 1. The van der Waals surface area contributed by atoms with E-state index in [2.05, 4.69) is 10.3 Å². The molecule has 0 aromatic carbocycles. The maximum Gasteiger partial charge on any atom is 0.213 e. The Bertz CT molecular complexity index is 351. The van der Waals surface area contributed by atoms with E-state index in [-0.39, 0.29) is 12.2 Å². The number of nitrogens with zero attached hydrogens (tertiary/aromatic N) is 1. The fraction of sp³-hybridized carbons (Fsp3) is 0.444. The van der Waals surface area contributed by atoms with Crippen LogP contribution >= 0.6 is 0 Å². The predicted molar refractivity (Wildman–Crippen MR) is 45.5 cm³/mol. The van der Waals surface area contributed by atoms with Crippen molar-refractivity contribution in [3.05, 3.63) is 29.6 Å². The molecule has 76 valence electrons. The minimum Gasteiger partial charge on any atom is -0.382 e. The number of rotatable bonds is 1. The maximum absolute atomic E-state index is 13.2. The van der Waals surface area contributed by atoms with E-state index in [1.54, 1.807) is 0 Å². The molecule has 0 radical (unpaired) electrons. The number of hydrogen-bond acceptors (Lipinski definition) is 3. The van der Waals surface area contributed by atoms with Gasteiger partial charge in [-0.1, -0.05) is 0 Å². The summed E-state index contributed by atoms with van der Waals surface area (Å²) in [7, 11) is 0. The first-order valence-electron chi connectivity index (χ1n) is 4.37. The van der Waals surface area contributed by atoms with Crippen LogP contribution in [-0.4, -0.2) is 23.2 Å². The van der Waals surface area contributed by atoms with Crippen LogP contribution in [0, 0.1) is 11.8 Å². The van der Waals surface area contributed by atoms with Gasteiger partial charge in [0.15, 0.2) is 0 Å². The Kier molecular flexibility index (Phi) is 2.20. The number of aromatic nitrogens is 1. The molecule has 2 N–H and O–H groups in total. The second-order valence-electron chi connectivity index (χ2n) is 3.42. The van der Waals surface area contributed by atoms with Crippen LogP contribution < -0.4 is 5.32 Å². The van der Waals surface area contributed by atoms with E-state index in [1.807, 2.05) is 0 Å². The van der Waals surface area contributed by atoms with Crippen LogP contribution in [-0.2, 0) is 5.60 Å². The Morgan fingerprint density at radius 3 is 2.86 bits per heavy atom. The first kappa shape index (κ1) is 9.48. The Balaban J connectivity index is 2.44. The average Bonchev–Trinajstić information content (AvgIpc) is 2.58. The molecule has 0 bridgehead atoms. The van der Waals surface area contributed by atoms with Gasteiger partial charge in [0, 0.05) is 6.54 Å². The molecule has 1 fully saturated rings. The average molecular weight is 200 g/mol. The summed E-state index contributed by atoms with van der Waals surface area (Å²) in [6, 6.07) is 1.92. The smallest absolute Gasteiger partial charge is 0.213 e. The molecule has 0 aliphatic carbocycles. The largest absolute Gasteiger partial charge is 0.382 e. The van der Waals surface area contributed by atoms with Crippen molar-refractivity contribution in [2.45, 2.75) is 12.0 Å². The van der Waals surface area contributed by atoms with Gasteiger partial charge in [0.25, 0.3) is 0 Å². The van der Waals surface area contributed by atoms with Gasteiger partial charge in [0.05, 0.1) is 0 Å². The molecule has 1 unspecified atom stereocenters. The molecule has 3 nitrogen and oxygen atoms in total. The number of aliphatic hydroxyl groups is 1. The summed E-state index contributed by atoms with van der Waals surface area (Å²) >= 11 is 0. The highest BCUT2D eigenvalue weighted by atomic mass is 19.1. The van der Waals surface area contributed by atoms with E-state index in [0.29, 0.717) is 13.0 Å². The summed E-state index contributed by atoms with van der Waals surface area (Å²) in [5.41, 5.74) is -1.57. The summed E-state index contributed by atoms with van der Waals surface area (Å²) in [4.78, 5) is 3.39. The summed E-state index contributed by atoms with van der Waals surface area (Å²) in [5.74, 6) is -1.45. The highest BCUT2D eigenvalue weighted by Gasteiger charge is 2.37. The van der Waals surface area contributed by atoms with Crippen LogP contribution in [0.3, 0.4) is 0 Å². The van der Waals surface area contributed by atoms with Gasteiger partial charge in [-0.3, -0.25) is 0 Å². The van der Waals surface area contributed by atoms with E-state index < -0.39 is 17.4 Å². The molecule has 14 heavy (non-hydrogen) atoms. The van der Waals surface area contributed by atoms with Crippen LogP contribution in [0.1, 0.15) is 12.1 Å². The molecule has 1 aromatic rings. The molecule has 1 aliphatic heterocycles. The monoisotopic (exact) mass is 200 g/mol. The van der Waals surface area contributed by atoms with Crippen molar-refractivity contribution in [2.75, 3.05) is 13.1 Å². The Hall–Kier alpha value is -1.07. The second kappa shape index (κ2) is 3.25. The third-order valence-corrected chi connectivity index (χ3v) is 2.39. The zero-order valence-electron chi connectivity index (χ0n) is 7.43. The molecule has 1 atom stereocenters. The zero-order chi connectivity index (χ0) is 10.2. The van der Waals surface area contributed by atoms with Gasteiger partial charge in [-0.2, -0.15) is 4.39 Å². The van der Waals surface area contributed by atoms with Crippen molar-refractivity contribution in [1.82, 2.24) is 10.3 Å². The van der Waals surface area contributed by atoms with Crippen molar-refractivity contribution in [1.29, 1.82) is 0 Å². The molecule has 0 spiro atoms. The highest BCUT2D eigenvalue weighted by Crippen LogP contribution is 2.27. The molecule has 0 saturated carbocycles. The van der Waals surface area contributed by atoms with Crippen molar-refractivity contribution in [2.24, 2.45) is 0 Å². The van der Waals surface area contributed by atoms with E-state index in [9.17, 15) is 13.9 Å². The van der Waals surface area contributed by atoms with Crippen molar-refractivity contribution >= 4 is 0 Å². The predicted octanol–water partition coefficient (Wildman–Crippen LogP) is 0.541. The zero-order valence-corrected chi connectivity index (χ0v) is 7.43. The van der Waals surface area contributed by atoms with Crippen LogP contribution in [0.15, 0.2) is 12.1 Å². The van der Waals surface area contributed by atoms with Gasteiger partial charge in [-0.25, -0.2) is 9.37 Å². The Morgan fingerprint density at radius 2 is 2.21 bits per heavy atom. The lowest BCUT2D eigenvalue weighted by molar-refractivity contribution is 0.0490. The number of hydrogen-bond donors (Lipinski definition) is 2. The van der Waals surface area contributed by atoms with E-state index in [1.165, 1.54) is 0 Å². The Labute approximate surface area is 79.8 Å². The minimum atomic E-state index is -1.37. The molecular formula is C9H10F2N2O. The first-order chi connectivity index (χ1) is 6.62. The van der Waals surface area contributed by atoms with Crippen LogP contribution in [0.5, 0.6) is 0 Å². The van der Waals surface area contributed by atoms with Gasteiger partial charge in [0.2, 0.25) is 5.95 Å². The topological polar surface area (TPSA) is 45.2 Å². The summed E-state index contributed by atoms with van der Waals surface area (Å²) in [6.07, 6.45) is 0.348. The lowest BCUT2D eigenvalue weighted by Crippen LogP contribution is -2.31. The van der Waals surface area contributed by atoms with Gasteiger partial charge < -0.3 is 10.4 Å². The van der Waals surface area contributed by atoms with Crippen molar-refractivity contribution in [3.63, 3.8) is 0 Å². The SMILES string of the molecule is OC1(c2nc(F)ccc2F)CCNC1. The van der Waals surface area contributed by atoms with E-state index >= 15 is 0 Å². The van der Waals surface area contributed by atoms with Crippen LogP contribution in [0.25, 0.3) is 0 Å². The molecule has 5 heteroatoms.